The molecule has 0 radical (unpaired) electrons. The minimum absolute atomic E-state index is 0.122. The molecule has 0 saturated carbocycles. The summed E-state index contributed by atoms with van der Waals surface area (Å²) in [5.74, 6) is 0.546. The van der Waals surface area contributed by atoms with E-state index in [9.17, 15) is 4.39 Å². The highest BCUT2D eigenvalue weighted by Crippen LogP contribution is 2.31. The quantitative estimate of drug-likeness (QED) is 0.876. The average molecular weight is 251 g/mol. The van der Waals surface area contributed by atoms with Crippen molar-refractivity contribution in [3.8, 4) is 17.2 Å². The molecule has 0 aliphatic heterocycles. The summed E-state index contributed by atoms with van der Waals surface area (Å²) >= 11 is 0. The second-order valence-corrected chi connectivity index (χ2v) is 3.73. The molecule has 0 unspecified atom stereocenters. The van der Waals surface area contributed by atoms with Gasteiger partial charge in [-0.15, -0.1) is 0 Å². The largest absolute Gasteiger partial charge is 0.496 e. The summed E-state index contributed by atoms with van der Waals surface area (Å²) in [6.45, 7) is 0.549. The Kier molecular flexibility index (Phi) is 3.88. The molecule has 5 nitrogen and oxygen atoms in total. The summed E-state index contributed by atoms with van der Waals surface area (Å²) in [6.07, 6.45) is 1.37. The topological polar surface area (TPSA) is 74.2 Å². The fourth-order valence-electron chi connectivity index (χ4n) is 1.60. The zero-order valence-electron chi connectivity index (χ0n) is 10.0. The molecule has 0 atom stereocenters. The van der Waals surface area contributed by atoms with E-state index in [1.54, 1.807) is 12.1 Å². The molecule has 1 aromatic heterocycles. The van der Waals surface area contributed by atoms with E-state index in [1.165, 1.54) is 13.2 Å². The third kappa shape index (κ3) is 2.48. The highest BCUT2D eigenvalue weighted by Gasteiger charge is 2.18. The highest BCUT2D eigenvalue weighted by molar-refractivity contribution is 5.63. The lowest BCUT2D eigenvalue weighted by Crippen LogP contribution is -2.01. The van der Waals surface area contributed by atoms with Crippen LogP contribution >= 0.6 is 0 Å². The number of benzene rings is 1. The number of rotatable bonds is 5. The summed E-state index contributed by atoms with van der Waals surface area (Å²) in [7, 11) is 1.46. The Morgan fingerprint density at radius 1 is 1.44 bits per heavy atom. The van der Waals surface area contributed by atoms with Crippen LogP contribution in [-0.2, 0) is 6.42 Å². The smallest absolute Gasteiger partial charge is 0.264 e. The van der Waals surface area contributed by atoms with Crippen molar-refractivity contribution < 1.29 is 13.7 Å². The molecule has 0 aliphatic carbocycles. The zero-order valence-corrected chi connectivity index (χ0v) is 10.0. The van der Waals surface area contributed by atoms with Gasteiger partial charge >= 0.3 is 0 Å². The van der Waals surface area contributed by atoms with Crippen molar-refractivity contribution in [3.63, 3.8) is 0 Å². The average Bonchev–Trinajstić information content (AvgIpc) is 2.84. The molecule has 2 aromatic rings. The third-order valence-corrected chi connectivity index (χ3v) is 2.48. The van der Waals surface area contributed by atoms with Gasteiger partial charge in [0.05, 0.1) is 7.11 Å². The lowest BCUT2D eigenvalue weighted by molar-refractivity contribution is 0.398. The molecule has 0 fully saturated rings. The predicted molar refractivity (Wildman–Crippen MR) is 63.6 cm³/mol. The Morgan fingerprint density at radius 3 is 3.00 bits per heavy atom. The molecular weight excluding hydrogens is 237 g/mol. The van der Waals surface area contributed by atoms with Crippen molar-refractivity contribution in [2.45, 2.75) is 12.8 Å². The monoisotopic (exact) mass is 251 g/mol. The fourth-order valence-corrected chi connectivity index (χ4v) is 1.60. The Morgan fingerprint density at radius 2 is 2.28 bits per heavy atom. The van der Waals surface area contributed by atoms with E-state index in [0.717, 1.165) is 6.42 Å². The fraction of sp³-hybridized carbons (Fsp3) is 0.333. The van der Waals surface area contributed by atoms with Crippen LogP contribution in [0, 0.1) is 5.82 Å². The molecule has 0 bridgehead atoms. The van der Waals surface area contributed by atoms with Gasteiger partial charge in [-0.05, 0) is 25.1 Å². The van der Waals surface area contributed by atoms with Gasteiger partial charge in [0.1, 0.15) is 17.1 Å². The number of nitrogens with two attached hydrogens (primary N) is 1. The van der Waals surface area contributed by atoms with Gasteiger partial charge in [0.2, 0.25) is 0 Å². The number of methoxy groups -OCH3 is 1. The molecule has 1 heterocycles. The molecule has 0 spiro atoms. The highest BCUT2D eigenvalue weighted by atomic mass is 19.1. The van der Waals surface area contributed by atoms with E-state index < -0.39 is 5.82 Å². The molecule has 1 aromatic carbocycles. The molecule has 6 heteroatoms. The summed E-state index contributed by atoms with van der Waals surface area (Å²) in [5.41, 5.74) is 5.58. The van der Waals surface area contributed by atoms with Crippen LogP contribution in [0.5, 0.6) is 5.75 Å². The van der Waals surface area contributed by atoms with Gasteiger partial charge in [0, 0.05) is 6.42 Å². The minimum atomic E-state index is -0.455. The molecule has 96 valence electrons. The van der Waals surface area contributed by atoms with Crippen molar-refractivity contribution in [2.75, 3.05) is 13.7 Å². The van der Waals surface area contributed by atoms with Gasteiger partial charge in [0.25, 0.3) is 5.89 Å². The Bertz CT molecular complexity index is 528. The summed E-state index contributed by atoms with van der Waals surface area (Å²) in [6, 6.07) is 4.52. The van der Waals surface area contributed by atoms with Gasteiger partial charge in [0.15, 0.2) is 5.82 Å². The first-order chi connectivity index (χ1) is 8.76. The van der Waals surface area contributed by atoms with Crippen LogP contribution < -0.4 is 10.5 Å². The lowest BCUT2D eigenvalue weighted by atomic mass is 10.2. The maximum Gasteiger partial charge on any atom is 0.264 e. The number of hydrogen-bond donors (Lipinski definition) is 1. The first-order valence-corrected chi connectivity index (χ1v) is 5.61. The van der Waals surface area contributed by atoms with Crippen molar-refractivity contribution in [1.29, 1.82) is 0 Å². The van der Waals surface area contributed by atoms with Crippen LogP contribution in [0.2, 0.25) is 0 Å². The Labute approximate surface area is 104 Å². The number of halogens is 1. The SMILES string of the molecule is COc1cccc(F)c1-c1nc(CCCN)no1. The number of nitrogens with zero attached hydrogens (tertiary/aromatic N) is 2. The van der Waals surface area contributed by atoms with Crippen LogP contribution in [-0.4, -0.2) is 23.8 Å². The molecule has 18 heavy (non-hydrogen) atoms. The van der Waals surface area contributed by atoms with Crippen molar-refractivity contribution >= 4 is 0 Å². The number of aryl methyl sites for hydroxylation is 1. The van der Waals surface area contributed by atoms with Gasteiger partial charge < -0.3 is 15.0 Å². The van der Waals surface area contributed by atoms with Gasteiger partial charge in [-0.25, -0.2) is 4.39 Å². The van der Waals surface area contributed by atoms with Crippen molar-refractivity contribution in [2.24, 2.45) is 5.73 Å². The summed E-state index contributed by atoms with van der Waals surface area (Å²) in [4.78, 5) is 4.13. The third-order valence-electron chi connectivity index (χ3n) is 2.48. The van der Waals surface area contributed by atoms with Crippen molar-refractivity contribution in [3.05, 3.63) is 29.8 Å². The van der Waals surface area contributed by atoms with Crippen LogP contribution in [0.3, 0.4) is 0 Å². The van der Waals surface area contributed by atoms with E-state index >= 15 is 0 Å². The molecule has 2 N–H and O–H groups in total. The first kappa shape index (κ1) is 12.5. The van der Waals surface area contributed by atoms with E-state index in [0.29, 0.717) is 24.5 Å². The van der Waals surface area contributed by atoms with Crippen LogP contribution in [0.15, 0.2) is 22.7 Å². The maximum absolute atomic E-state index is 13.8. The van der Waals surface area contributed by atoms with Crippen LogP contribution in [0.4, 0.5) is 4.39 Å². The van der Waals surface area contributed by atoms with Gasteiger partial charge in [-0.3, -0.25) is 0 Å². The first-order valence-electron chi connectivity index (χ1n) is 5.61. The zero-order chi connectivity index (χ0) is 13.0. The molecule has 2 rings (SSSR count). The van der Waals surface area contributed by atoms with E-state index in [4.69, 9.17) is 15.0 Å². The predicted octanol–water partition coefficient (Wildman–Crippen LogP) is 1.78. The van der Waals surface area contributed by atoms with Gasteiger partial charge in [-0.2, -0.15) is 4.98 Å². The Balaban J connectivity index is 2.33. The number of ether oxygens (including phenoxy) is 1. The molecule has 0 amide bonds. The van der Waals surface area contributed by atoms with Crippen molar-refractivity contribution in [1.82, 2.24) is 10.1 Å². The lowest BCUT2D eigenvalue weighted by Gasteiger charge is -2.04. The second-order valence-electron chi connectivity index (χ2n) is 3.73. The standard InChI is InChI=1S/C12H14FN3O2/c1-17-9-5-2-4-8(13)11(9)12-15-10(16-18-12)6-3-7-14/h2,4-5H,3,6-7,14H2,1H3. The summed E-state index contributed by atoms with van der Waals surface area (Å²) < 4.78 is 23.9. The van der Waals surface area contributed by atoms with Crippen LogP contribution in [0.25, 0.3) is 11.5 Å². The molecule has 0 saturated heterocycles. The normalized spacial score (nSPS) is 10.6. The number of hydrogen-bond acceptors (Lipinski definition) is 5. The Hall–Kier alpha value is -1.95. The van der Waals surface area contributed by atoms with Gasteiger partial charge in [-0.1, -0.05) is 11.2 Å². The molecule has 0 aliphatic rings. The van der Waals surface area contributed by atoms with E-state index in [2.05, 4.69) is 10.1 Å². The minimum Gasteiger partial charge on any atom is -0.496 e. The maximum atomic E-state index is 13.8. The number of aromatic nitrogens is 2. The summed E-state index contributed by atoms with van der Waals surface area (Å²) in [5, 5.41) is 3.78. The van der Waals surface area contributed by atoms with E-state index in [-0.39, 0.29) is 11.5 Å². The second kappa shape index (κ2) is 5.59. The molecular formula is C12H14FN3O2. The van der Waals surface area contributed by atoms with E-state index in [1.807, 2.05) is 0 Å². The van der Waals surface area contributed by atoms with Crippen LogP contribution in [0.1, 0.15) is 12.2 Å².